The highest BCUT2D eigenvalue weighted by Crippen LogP contribution is 2.34. The van der Waals surface area contributed by atoms with Crippen LogP contribution in [0.5, 0.6) is 0 Å². The van der Waals surface area contributed by atoms with E-state index in [1.807, 2.05) is 27.7 Å². The number of thiazole rings is 1. The van der Waals surface area contributed by atoms with Gasteiger partial charge in [0.25, 0.3) is 0 Å². The van der Waals surface area contributed by atoms with Crippen molar-refractivity contribution >= 4 is 21.1 Å². The number of aromatic nitrogens is 3. The summed E-state index contributed by atoms with van der Waals surface area (Å²) >= 11 is 1.08. The first-order chi connectivity index (χ1) is 13.8. The first kappa shape index (κ1) is 22.6. The maximum absolute atomic E-state index is 14.2. The highest BCUT2D eigenvalue weighted by atomic mass is 32.2. The lowest BCUT2D eigenvalue weighted by molar-refractivity contribution is 0.0741. The second kappa shape index (κ2) is 7.86. The van der Waals surface area contributed by atoms with Crippen molar-refractivity contribution in [2.45, 2.75) is 68.2 Å². The van der Waals surface area contributed by atoms with Gasteiger partial charge in [-0.3, -0.25) is 0 Å². The van der Waals surface area contributed by atoms with E-state index in [-0.39, 0.29) is 26.9 Å². The quantitative estimate of drug-likeness (QED) is 0.525. The summed E-state index contributed by atoms with van der Waals surface area (Å²) in [6.45, 7) is 11.1. The lowest BCUT2D eigenvalue weighted by Gasteiger charge is -2.19. The number of nitrogens with zero attached hydrogens (tertiary/aromatic N) is 3. The van der Waals surface area contributed by atoms with Crippen molar-refractivity contribution in [3.05, 3.63) is 52.5 Å². The molecule has 0 aliphatic rings. The topological polar surface area (TPSA) is 91.9 Å². The largest absolute Gasteiger partial charge is 0.384 e. The molecule has 0 spiro atoms. The number of rotatable bonds is 6. The second-order valence-corrected chi connectivity index (χ2v) is 11.6. The van der Waals surface area contributed by atoms with Crippen LogP contribution in [-0.4, -0.2) is 24.1 Å². The first-order valence-electron chi connectivity index (χ1n) is 9.68. The zero-order valence-electron chi connectivity index (χ0n) is 17.9. The van der Waals surface area contributed by atoms with E-state index in [4.69, 9.17) is 4.78 Å². The molecule has 1 atom stereocenters. The fraction of sp³-hybridized carbons (Fsp3) is 0.429. The molecule has 3 rings (SSSR count). The van der Waals surface area contributed by atoms with Gasteiger partial charge in [0.15, 0.2) is 4.34 Å². The zero-order chi connectivity index (χ0) is 22.4. The Bertz CT molecular complexity index is 1140. The number of nitrogens with one attached hydrogen (secondary N) is 1. The van der Waals surface area contributed by atoms with Crippen LogP contribution in [0, 0.1) is 10.6 Å². The highest BCUT2D eigenvalue weighted by Gasteiger charge is 2.26. The number of hydrogen-bond acceptors (Lipinski definition) is 6. The third-order valence-corrected chi connectivity index (χ3v) is 7.94. The van der Waals surface area contributed by atoms with Crippen LogP contribution in [-0.2, 0) is 15.3 Å². The third kappa shape index (κ3) is 4.19. The molecule has 6 nitrogen and oxygen atoms in total. The van der Waals surface area contributed by atoms with Gasteiger partial charge in [0.05, 0.1) is 22.5 Å². The molecule has 2 N–H and O–H groups in total. The molecule has 9 heteroatoms. The summed E-state index contributed by atoms with van der Waals surface area (Å²) in [6.07, 6.45) is 2.96. The Labute approximate surface area is 180 Å². The molecule has 0 saturated heterocycles. The summed E-state index contributed by atoms with van der Waals surface area (Å²) in [5.74, 6) is -0.200. The number of hydrogen-bond donors (Lipinski definition) is 2. The van der Waals surface area contributed by atoms with E-state index in [2.05, 4.69) is 10.1 Å². The third-order valence-electron chi connectivity index (χ3n) is 4.85. The Morgan fingerprint density at radius 3 is 2.23 bits per heavy atom. The van der Waals surface area contributed by atoms with Crippen molar-refractivity contribution in [3.8, 4) is 5.69 Å². The van der Waals surface area contributed by atoms with Gasteiger partial charge in [-0.05, 0) is 48.9 Å². The normalized spacial score (nSPS) is 14.5. The molecular formula is C21H27FN4O2S2. The predicted molar refractivity (Wildman–Crippen MR) is 116 cm³/mol. The molecular weight excluding hydrogens is 423 g/mol. The molecule has 1 aromatic carbocycles. The molecule has 2 heterocycles. The van der Waals surface area contributed by atoms with E-state index < -0.39 is 15.3 Å². The summed E-state index contributed by atoms with van der Waals surface area (Å²) < 4.78 is 37.7. The predicted octanol–water partition coefficient (Wildman–Crippen LogP) is 5.41. The minimum absolute atomic E-state index is 0.0505. The Morgan fingerprint density at radius 2 is 1.77 bits per heavy atom. The van der Waals surface area contributed by atoms with Gasteiger partial charge >= 0.3 is 0 Å². The van der Waals surface area contributed by atoms with Gasteiger partial charge in [0, 0.05) is 11.6 Å². The molecule has 0 amide bonds. The van der Waals surface area contributed by atoms with Crippen LogP contribution in [0.1, 0.15) is 70.2 Å². The smallest absolute Gasteiger partial charge is 0.194 e. The van der Waals surface area contributed by atoms with Gasteiger partial charge in [-0.25, -0.2) is 23.0 Å². The summed E-state index contributed by atoms with van der Waals surface area (Å²) in [5.41, 5.74) is 1.53. The van der Waals surface area contributed by atoms with E-state index >= 15 is 0 Å². The van der Waals surface area contributed by atoms with E-state index in [0.29, 0.717) is 5.69 Å². The lowest BCUT2D eigenvalue weighted by atomic mass is 9.92. The minimum Gasteiger partial charge on any atom is -0.384 e. The van der Waals surface area contributed by atoms with Crippen molar-refractivity contribution in [1.29, 1.82) is 4.78 Å². The maximum atomic E-state index is 14.2. The van der Waals surface area contributed by atoms with Crippen LogP contribution >= 0.6 is 11.3 Å². The van der Waals surface area contributed by atoms with Crippen molar-refractivity contribution in [1.82, 2.24) is 14.8 Å². The van der Waals surface area contributed by atoms with Gasteiger partial charge in [-0.2, -0.15) is 5.10 Å². The van der Waals surface area contributed by atoms with Crippen molar-refractivity contribution < 1.29 is 13.7 Å². The van der Waals surface area contributed by atoms with E-state index in [1.54, 1.807) is 30.1 Å². The molecule has 0 bridgehead atoms. The maximum Gasteiger partial charge on any atom is 0.194 e. The zero-order valence-corrected chi connectivity index (χ0v) is 19.6. The van der Waals surface area contributed by atoms with Crippen LogP contribution in [0.2, 0.25) is 0 Å². The van der Waals surface area contributed by atoms with Crippen LogP contribution in [0.3, 0.4) is 0 Å². The van der Waals surface area contributed by atoms with E-state index in [9.17, 15) is 13.7 Å². The Balaban J connectivity index is 2.12. The lowest BCUT2D eigenvalue weighted by Crippen LogP contribution is -2.16. The average molecular weight is 451 g/mol. The van der Waals surface area contributed by atoms with Crippen LogP contribution in [0.15, 0.2) is 39.1 Å². The summed E-state index contributed by atoms with van der Waals surface area (Å²) in [5, 5.41) is 16.1. The molecule has 162 valence electrons. The van der Waals surface area contributed by atoms with E-state index in [1.165, 1.54) is 18.3 Å². The Morgan fingerprint density at radius 1 is 1.20 bits per heavy atom. The van der Waals surface area contributed by atoms with Crippen LogP contribution in [0.4, 0.5) is 4.39 Å². The Kier molecular flexibility index (Phi) is 5.92. The molecule has 30 heavy (non-hydrogen) atoms. The molecule has 0 aliphatic heterocycles. The Hall–Kier alpha value is -2.10. The highest BCUT2D eigenvalue weighted by molar-refractivity contribution is 7.94. The number of aliphatic hydroxyl groups is 1. The fourth-order valence-electron chi connectivity index (χ4n) is 3.14. The first-order valence-corrected chi connectivity index (χ1v) is 12.1. The summed E-state index contributed by atoms with van der Waals surface area (Å²) in [7, 11) is -3.40. The van der Waals surface area contributed by atoms with Crippen LogP contribution in [0.25, 0.3) is 5.69 Å². The number of halogens is 1. The SMILES string of the molecule is CC(C)c1cc(F)cc(C(C)C)c1-n1cc(S(=N)(=O)c2nc(C(C)(C)O)cs2)cn1. The van der Waals surface area contributed by atoms with E-state index in [0.717, 1.165) is 28.2 Å². The summed E-state index contributed by atoms with van der Waals surface area (Å²) in [4.78, 5) is 4.45. The van der Waals surface area contributed by atoms with Crippen molar-refractivity contribution in [2.75, 3.05) is 0 Å². The molecule has 2 aromatic heterocycles. The molecule has 1 unspecified atom stereocenters. The molecule has 0 fully saturated rings. The van der Waals surface area contributed by atoms with Crippen molar-refractivity contribution in [3.63, 3.8) is 0 Å². The second-order valence-electron chi connectivity index (χ2n) is 8.48. The van der Waals surface area contributed by atoms with Gasteiger partial charge in [-0.1, -0.05) is 27.7 Å². The van der Waals surface area contributed by atoms with Crippen LogP contribution < -0.4 is 0 Å². The molecule has 0 radical (unpaired) electrons. The molecule has 0 aliphatic carbocycles. The number of benzene rings is 1. The minimum atomic E-state index is -3.40. The van der Waals surface area contributed by atoms with Gasteiger partial charge < -0.3 is 5.11 Å². The average Bonchev–Trinajstić information content (AvgIpc) is 3.30. The molecule has 0 saturated carbocycles. The van der Waals surface area contributed by atoms with Crippen molar-refractivity contribution in [2.24, 2.45) is 0 Å². The van der Waals surface area contributed by atoms with Gasteiger partial charge in [-0.15, -0.1) is 11.3 Å². The molecule has 3 aromatic rings. The fourth-order valence-corrected chi connectivity index (χ4v) is 5.69. The summed E-state index contributed by atoms with van der Waals surface area (Å²) in [6, 6.07) is 3.00. The monoisotopic (exact) mass is 450 g/mol. The van der Waals surface area contributed by atoms with Gasteiger partial charge in [0.1, 0.15) is 21.1 Å². The van der Waals surface area contributed by atoms with Gasteiger partial charge in [0.2, 0.25) is 0 Å². The standard InChI is InChI=1S/C21H27FN4O2S2/c1-12(2)16-7-14(22)8-17(13(3)4)19(16)26-10-15(9-24-26)30(23,28)20-25-18(11-29-20)21(5,6)27/h7-13,23,27H,1-6H3.